The maximum absolute atomic E-state index is 12.0. The molecule has 1 atom stereocenters. The average Bonchev–Trinajstić information content (AvgIpc) is 2.81. The Hall–Kier alpha value is -1.30. The smallest absolute Gasteiger partial charge is 0.371 e. The van der Waals surface area contributed by atoms with Crippen molar-refractivity contribution in [2.75, 3.05) is 0 Å². The van der Waals surface area contributed by atoms with E-state index in [9.17, 15) is 9.00 Å². The Morgan fingerprint density at radius 1 is 1.20 bits per heavy atom. The quantitative estimate of drug-likeness (QED) is 0.905. The largest absolute Gasteiger partial charge is 0.475 e. The Morgan fingerprint density at radius 3 is 2.55 bits per heavy atom. The first-order valence-corrected chi connectivity index (χ1v) is 7.81. The van der Waals surface area contributed by atoms with Crippen molar-refractivity contribution in [2.24, 2.45) is 0 Å². The maximum Gasteiger partial charge on any atom is 0.371 e. The summed E-state index contributed by atoms with van der Waals surface area (Å²) >= 11 is 11.8. The van der Waals surface area contributed by atoms with E-state index >= 15 is 0 Å². The highest BCUT2D eigenvalue weighted by molar-refractivity contribution is 7.83. The van der Waals surface area contributed by atoms with Crippen molar-refractivity contribution in [1.29, 1.82) is 0 Å². The molecular formula is C13H10Cl2O4S. The molecule has 0 spiro atoms. The number of carboxylic acid groups (broad SMARTS) is 1. The highest BCUT2D eigenvalue weighted by atomic mass is 35.5. The highest BCUT2D eigenvalue weighted by Crippen LogP contribution is 2.23. The molecule has 0 fully saturated rings. The number of furan rings is 1. The van der Waals surface area contributed by atoms with Gasteiger partial charge in [0.15, 0.2) is 0 Å². The predicted molar refractivity (Wildman–Crippen MR) is 77.7 cm³/mol. The van der Waals surface area contributed by atoms with E-state index in [2.05, 4.69) is 0 Å². The van der Waals surface area contributed by atoms with Crippen LogP contribution < -0.4 is 0 Å². The first kappa shape index (κ1) is 15.1. The second kappa shape index (κ2) is 6.43. The minimum absolute atomic E-state index is 0.131. The van der Waals surface area contributed by atoms with E-state index in [4.69, 9.17) is 32.7 Å². The van der Waals surface area contributed by atoms with Crippen LogP contribution in [0.5, 0.6) is 0 Å². The second-order valence-electron chi connectivity index (χ2n) is 4.04. The standard InChI is InChI=1S/C13H10Cl2O4S/c14-9-2-1-8(11(15)5-9)6-20(18)7-10-3-4-12(19-10)13(16)17/h1-5H,6-7H2,(H,16,17). The molecule has 1 heterocycles. The summed E-state index contributed by atoms with van der Waals surface area (Å²) in [5, 5.41) is 9.70. The van der Waals surface area contributed by atoms with E-state index in [0.29, 0.717) is 15.8 Å². The molecule has 0 saturated carbocycles. The molecule has 0 aliphatic carbocycles. The van der Waals surface area contributed by atoms with Crippen LogP contribution in [0.1, 0.15) is 21.9 Å². The van der Waals surface area contributed by atoms with E-state index in [1.807, 2.05) is 0 Å². The molecule has 0 amide bonds. The summed E-state index contributed by atoms with van der Waals surface area (Å²) in [4.78, 5) is 10.7. The summed E-state index contributed by atoms with van der Waals surface area (Å²) in [6.07, 6.45) is 0. The number of aromatic carboxylic acids is 1. The van der Waals surface area contributed by atoms with Crippen LogP contribution in [0.4, 0.5) is 0 Å². The molecule has 1 unspecified atom stereocenters. The van der Waals surface area contributed by atoms with Crippen LogP contribution in [0.15, 0.2) is 34.7 Å². The normalized spacial score (nSPS) is 12.3. The first-order chi connectivity index (χ1) is 9.45. The van der Waals surface area contributed by atoms with Gasteiger partial charge in [-0.25, -0.2) is 4.79 Å². The van der Waals surface area contributed by atoms with Crippen LogP contribution in [0.25, 0.3) is 0 Å². The van der Waals surface area contributed by atoms with Crippen LogP contribution in [-0.4, -0.2) is 15.3 Å². The molecule has 0 aliphatic heterocycles. The number of benzene rings is 1. The summed E-state index contributed by atoms with van der Waals surface area (Å²) in [7, 11) is -1.25. The molecule has 2 rings (SSSR count). The van der Waals surface area contributed by atoms with Gasteiger partial charge in [0.1, 0.15) is 5.76 Å². The monoisotopic (exact) mass is 332 g/mol. The van der Waals surface area contributed by atoms with Gasteiger partial charge >= 0.3 is 5.97 Å². The van der Waals surface area contributed by atoms with Crippen LogP contribution in [0.3, 0.4) is 0 Å². The van der Waals surface area contributed by atoms with Crippen molar-refractivity contribution in [3.05, 3.63) is 57.5 Å². The molecule has 0 radical (unpaired) electrons. The average molecular weight is 333 g/mol. The molecular weight excluding hydrogens is 323 g/mol. The molecule has 0 saturated heterocycles. The molecule has 4 nitrogen and oxygen atoms in total. The lowest BCUT2D eigenvalue weighted by Crippen LogP contribution is -1.99. The summed E-state index contributed by atoms with van der Waals surface area (Å²) in [5.74, 6) is -0.569. The van der Waals surface area contributed by atoms with E-state index in [1.165, 1.54) is 12.1 Å². The molecule has 1 aromatic heterocycles. The van der Waals surface area contributed by atoms with Gasteiger partial charge in [0, 0.05) is 20.8 Å². The molecule has 1 aromatic carbocycles. The summed E-state index contributed by atoms with van der Waals surface area (Å²) in [6, 6.07) is 7.82. The zero-order chi connectivity index (χ0) is 14.7. The Labute approximate surface area is 127 Å². The Kier molecular flexibility index (Phi) is 4.86. The summed E-state index contributed by atoms with van der Waals surface area (Å²) in [5.41, 5.74) is 0.722. The van der Waals surface area contributed by atoms with Gasteiger partial charge in [0.25, 0.3) is 0 Å². The van der Waals surface area contributed by atoms with Gasteiger partial charge < -0.3 is 9.52 Å². The number of halogens is 2. The number of rotatable bonds is 5. The van der Waals surface area contributed by atoms with Gasteiger partial charge in [0.05, 0.1) is 11.5 Å². The van der Waals surface area contributed by atoms with E-state index in [-0.39, 0.29) is 17.3 Å². The Bertz CT molecular complexity index is 666. The third-order valence-corrected chi connectivity index (χ3v) is 4.33. The van der Waals surface area contributed by atoms with Crippen molar-refractivity contribution in [1.82, 2.24) is 0 Å². The van der Waals surface area contributed by atoms with E-state index in [1.54, 1.807) is 18.2 Å². The molecule has 0 bridgehead atoms. The second-order valence-corrected chi connectivity index (χ2v) is 6.34. The zero-order valence-corrected chi connectivity index (χ0v) is 12.5. The molecule has 1 N–H and O–H groups in total. The van der Waals surface area contributed by atoms with Crippen LogP contribution in [-0.2, 0) is 22.3 Å². The lowest BCUT2D eigenvalue weighted by molar-refractivity contribution is 0.0661. The first-order valence-electron chi connectivity index (χ1n) is 5.56. The fraction of sp³-hybridized carbons (Fsp3) is 0.154. The zero-order valence-electron chi connectivity index (χ0n) is 10.1. The molecule has 106 valence electrons. The number of carbonyl (C=O) groups is 1. The van der Waals surface area contributed by atoms with Crippen molar-refractivity contribution in [3.8, 4) is 0 Å². The minimum atomic E-state index is -1.25. The SMILES string of the molecule is O=C(O)c1ccc(CS(=O)Cc2ccc(Cl)cc2Cl)o1. The van der Waals surface area contributed by atoms with Crippen molar-refractivity contribution >= 4 is 40.0 Å². The van der Waals surface area contributed by atoms with Crippen LogP contribution in [0, 0.1) is 0 Å². The van der Waals surface area contributed by atoms with Gasteiger partial charge in [-0.2, -0.15) is 0 Å². The minimum Gasteiger partial charge on any atom is -0.475 e. The third-order valence-electron chi connectivity index (χ3n) is 2.51. The van der Waals surface area contributed by atoms with Gasteiger partial charge in [0.2, 0.25) is 5.76 Å². The number of hydrogen-bond donors (Lipinski definition) is 1. The lowest BCUT2D eigenvalue weighted by Gasteiger charge is -2.04. The van der Waals surface area contributed by atoms with Crippen LogP contribution in [0.2, 0.25) is 10.0 Å². The van der Waals surface area contributed by atoms with Gasteiger partial charge in [-0.1, -0.05) is 29.3 Å². The highest BCUT2D eigenvalue weighted by Gasteiger charge is 2.12. The topological polar surface area (TPSA) is 67.5 Å². The van der Waals surface area contributed by atoms with Crippen LogP contribution >= 0.6 is 23.2 Å². The fourth-order valence-corrected chi connectivity index (χ4v) is 3.32. The number of carboxylic acids is 1. The Balaban J connectivity index is 2.03. The van der Waals surface area contributed by atoms with E-state index in [0.717, 1.165) is 5.56 Å². The predicted octanol–water partition coefficient (Wildman–Crippen LogP) is 3.73. The van der Waals surface area contributed by atoms with Crippen molar-refractivity contribution in [2.45, 2.75) is 11.5 Å². The number of hydrogen-bond acceptors (Lipinski definition) is 3. The van der Waals surface area contributed by atoms with Crippen molar-refractivity contribution < 1.29 is 18.5 Å². The summed E-state index contributed by atoms with van der Waals surface area (Å²) < 4.78 is 17.1. The van der Waals surface area contributed by atoms with Gasteiger partial charge in [-0.15, -0.1) is 0 Å². The lowest BCUT2D eigenvalue weighted by atomic mass is 10.2. The van der Waals surface area contributed by atoms with Crippen molar-refractivity contribution in [3.63, 3.8) is 0 Å². The molecule has 0 aliphatic rings. The van der Waals surface area contributed by atoms with Gasteiger partial charge in [-0.3, -0.25) is 4.21 Å². The summed E-state index contributed by atoms with van der Waals surface area (Å²) in [6.45, 7) is 0. The fourth-order valence-electron chi connectivity index (χ4n) is 1.59. The molecule has 7 heteroatoms. The molecule has 20 heavy (non-hydrogen) atoms. The van der Waals surface area contributed by atoms with E-state index < -0.39 is 16.8 Å². The Morgan fingerprint density at radius 2 is 1.95 bits per heavy atom. The third kappa shape index (κ3) is 3.85. The maximum atomic E-state index is 12.0. The van der Waals surface area contributed by atoms with Gasteiger partial charge in [-0.05, 0) is 29.8 Å². The molecule has 2 aromatic rings.